The molecule has 1 aromatic heterocycles. The second-order valence-corrected chi connectivity index (χ2v) is 7.45. The zero-order chi connectivity index (χ0) is 20.6. The fourth-order valence-electron chi connectivity index (χ4n) is 3.54. The van der Waals surface area contributed by atoms with Crippen molar-refractivity contribution in [2.75, 3.05) is 18.4 Å². The molecule has 29 heavy (non-hydrogen) atoms. The highest BCUT2D eigenvalue weighted by Gasteiger charge is 2.32. The fraction of sp³-hybridized carbons (Fsp3) is 0.300. The predicted octanol–water partition coefficient (Wildman–Crippen LogP) is 5.65. The van der Waals surface area contributed by atoms with Crippen LogP contribution in [0.1, 0.15) is 30.1 Å². The zero-order valence-electron chi connectivity index (χ0n) is 15.3. The standard InChI is InChI=1S/C20H18ClF3N4O/c21-14-8-7-13(20(22,23)24)10-17(14)27-19(29)28-9-3-4-12(11-28)18-25-15-5-1-2-6-16(15)26-18/h1-2,5-8,10,12H,3-4,9,11H2,(H,25,26)(H,27,29)/t12-/m0/s1. The summed E-state index contributed by atoms with van der Waals surface area (Å²) in [4.78, 5) is 22.2. The van der Waals surface area contributed by atoms with Crippen LogP contribution in [-0.4, -0.2) is 34.0 Å². The minimum absolute atomic E-state index is 0.0267. The molecular weight excluding hydrogens is 405 g/mol. The molecule has 1 aliphatic rings. The Bertz CT molecular complexity index is 1020. The quantitative estimate of drug-likeness (QED) is 0.561. The molecule has 9 heteroatoms. The van der Waals surface area contributed by atoms with Crippen LogP contribution in [0.3, 0.4) is 0 Å². The van der Waals surface area contributed by atoms with Crippen LogP contribution in [0.15, 0.2) is 42.5 Å². The van der Waals surface area contributed by atoms with E-state index in [0.29, 0.717) is 13.1 Å². The summed E-state index contributed by atoms with van der Waals surface area (Å²) in [6.45, 7) is 0.932. The average Bonchev–Trinajstić information content (AvgIpc) is 3.13. The van der Waals surface area contributed by atoms with E-state index in [4.69, 9.17) is 11.6 Å². The smallest absolute Gasteiger partial charge is 0.342 e. The maximum absolute atomic E-state index is 12.9. The molecule has 0 unspecified atom stereocenters. The van der Waals surface area contributed by atoms with Gasteiger partial charge < -0.3 is 15.2 Å². The number of hydrogen-bond donors (Lipinski definition) is 2. The monoisotopic (exact) mass is 422 g/mol. The third-order valence-corrected chi connectivity index (χ3v) is 5.37. The summed E-state index contributed by atoms with van der Waals surface area (Å²) >= 11 is 5.98. The highest BCUT2D eigenvalue weighted by Crippen LogP contribution is 2.34. The van der Waals surface area contributed by atoms with Gasteiger partial charge in [-0.15, -0.1) is 0 Å². The summed E-state index contributed by atoms with van der Waals surface area (Å²) in [6.07, 6.45) is -2.87. The van der Waals surface area contributed by atoms with Gasteiger partial charge in [-0.2, -0.15) is 13.2 Å². The van der Waals surface area contributed by atoms with E-state index in [1.165, 1.54) is 0 Å². The van der Waals surface area contributed by atoms with Gasteiger partial charge in [0.25, 0.3) is 0 Å². The van der Waals surface area contributed by atoms with Crippen molar-refractivity contribution >= 4 is 34.4 Å². The van der Waals surface area contributed by atoms with Gasteiger partial charge in [0.15, 0.2) is 0 Å². The number of fused-ring (bicyclic) bond motifs is 1. The Kier molecular flexibility index (Phi) is 5.12. The van der Waals surface area contributed by atoms with Crippen molar-refractivity contribution in [3.05, 3.63) is 58.9 Å². The van der Waals surface area contributed by atoms with Crippen LogP contribution in [-0.2, 0) is 6.18 Å². The molecule has 2 amide bonds. The number of amides is 2. The number of aromatic nitrogens is 2. The third kappa shape index (κ3) is 4.17. The molecule has 2 N–H and O–H groups in total. The van der Waals surface area contributed by atoms with Gasteiger partial charge in [-0.05, 0) is 43.2 Å². The van der Waals surface area contributed by atoms with Crippen LogP contribution in [0.5, 0.6) is 0 Å². The van der Waals surface area contributed by atoms with Gasteiger partial charge >= 0.3 is 12.2 Å². The summed E-state index contributed by atoms with van der Waals surface area (Å²) in [6, 6.07) is 10.1. The number of para-hydroxylation sites is 2. The first-order valence-corrected chi connectivity index (χ1v) is 9.56. The molecule has 0 aliphatic carbocycles. The van der Waals surface area contributed by atoms with Crippen molar-refractivity contribution < 1.29 is 18.0 Å². The highest BCUT2D eigenvalue weighted by molar-refractivity contribution is 6.33. The molecule has 4 rings (SSSR count). The van der Waals surface area contributed by atoms with Crippen molar-refractivity contribution in [1.82, 2.24) is 14.9 Å². The number of alkyl halides is 3. The molecule has 0 radical (unpaired) electrons. The molecule has 3 aromatic rings. The number of H-pyrrole nitrogens is 1. The fourth-order valence-corrected chi connectivity index (χ4v) is 3.71. The van der Waals surface area contributed by atoms with Crippen molar-refractivity contribution in [2.45, 2.75) is 24.9 Å². The number of likely N-dealkylation sites (tertiary alicyclic amines) is 1. The van der Waals surface area contributed by atoms with Gasteiger partial charge in [0.2, 0.25) is 0 Å². The Hall–Kier alpha value is -2.74. The number of benzene rings is 2. The van der Waals surface area contributed by atoms with Gasteiger partial charge in [0, 0.05) is 19.0 Å². The lowest BCUT2D eigenvalue weighted by molar-refractivity contribution is -0.137. The number of nitrogens with zero attached hydrogens (tertiary/aromatic N) is 2. The Morgan fingerprint density at radius 2 is 2.03 bits per heavy atom. The minimum atomic E-state index is -4.51. The summed E-state index contributed by atoms with van der Waals surface area (Å²) in [5.74, 6) is 0.833. The molecule has 0 spiro atoms. The maximum atomic E-state index is 12.9. The number of hydrogen-bond acceptors (Lipinski definition) is 2. The zero-order valence-corrected chi connectivity index (χ0v) is 16.0. The Morgan fingerprint density at radius 1 is 1.24 bits per heavy atom. The number of anilines is 1. The van der Waals surface area contributed by atoms with Crippen molar-refractivity contribution in [3.63, 3.8) is 0 Å². The topological polar surface area (TPSA) is 61.0 Å². The Morgan fingerprint density at radius 3 is 2.79 bits per heavy atom. The van der Waals surface area contributed by atoms with Crippen LogP contribution in [0.25, 0.3) is 11.0 Å². The molecule has 1 fully saturated rings. The van der Waals surface area contributed by atoms with E-state index < -0.39 is 17.8 Å². The molecule has 0 saturated carbocycles. The number of piperidine rings is 1. The van der Waals surface area contributed by atoms with Gasteiger partial charge in [0.05, 0.1) is 27.3 Å². The van der Waals surface area contributed by atoms with Gasteiger partial charge in [-0.3, -0.25) is 0 Å². The molecule has 152 valence electrons. The lowest BCUT2D eigenvalue weighted by atomic mass is 9.97. The number of rotatable bonds is 2. The number of halogens is 4. The average molecular weight is 423 g/mol. The molecular formula is C20H18ClF3N4O. The number of imidazole rings is 1. The molecule has 2 aromatic carbocycles. The van der Waals surface area contributed by atoms with Gasteiger partial charge in [0.1, 0.15) is 5.82 Å². The maximum Gasteiger partial charge on any atom is 0.416 e. The molecule has 1 atom stereocenters. The molecule has 1 saturated heterocycles. The number of nitrogens with one attached hydrogen (secondary N) is 2. The van der Waals surface area contributed by atoms with Crippen LogP contribution >= 0.6 is 11.6 Å². The largest absolute Gasteiger partial charge is 0.416 e. The van der Waals surface area contributed by atoms with E-state index in [-0.39, 0.29) is 16.6 Å². The van der Waals surface area contributed by atoms with Gasteiger partial charge in [-0.1, -0.05) is 23.7 Å². The number of carbonyl (C=O) groups is 1. The second kappa shape index (κ2) is 7.59. The molecule has 5 nitrogen and oxygen atoms in total. The molecule has 1 aliphatic heterocycles. The van der Waals surface area contributed by atoms with Crippen LogP contribution in [0.2, 0.25) is 5.02 Å². The summed E-state index contributed by atoms with van der Waals surface area (Å²) in [5, 5.41) is 2.57. The van der Waals surface area contributed by atoms with Crippen molar-refractivity contribution in [2.24, 2.45) is 0 Å². The number of aromatic amines is 1. The lowest BCUT2D eigenvalue weighted by Gasteiger charge is -2.32. The molecule has 2 heterocycles. The van der Waals surface area contributed by atoms with Crippen molar-refractivity contribution in [3.8, 4) is 0 Å². The summed E-state index contributed by atoms with van der Waals surface area (Å²) in [5.41, 5.74) is 0.869. The first kappa shape index (κ1) is 19.6. The Balaban J connectivity index is 1.49. The lowest BCUT2D eigenvalue weighted by Crippen LogP contribution is -2.41. The van der Waals surface area contributed by atoms with Crippen LogP contribution < -0.4 is 5.32 Å². The van der Waals surface area contributed by atoms with E-state index in [1.807, 2.05) is 24.3 Å². The van der Waals surface area contributed by atoms with E-state index >= 15 is 0 Å². The summed E-state index contributed by atoms with van der Waals surface area (Å²) in [7, 11) is 0. The van der Waals surface area contributed by atoms with E-state index in [0.717, 1.165) is 47.9 Å². The normalized spacial score (nSPS) is 17.5. The Labute approximate surface area is 169 Å². The van der Waals surface area contributed by atoms with Crippen LogP contribution in [0.4, 0.5) is 23.7 Å². The van der Waals surface area contributed by atoms with E-state index in [1.54, 1.807) is 4.90 Å². The second-order valence-electron chi connectivity index (χ2n) is 7.05. The SMILES string of the molecule is O=C(Nc1cc(C(F)(F)F)ccc1Cl)N1CCC[C@H](c2nc3ccccc3[nH]2)C1. The minimum Gasteiger partial charge on any atom is -0.342 e. The first-order valence-electron chi connectivity index (χ1n) is 9.18. The number of urea groups is 1. The van der Waals surface area contributed by atoms with Crippen molar-refractivity contribution in [1.29, 1.82) is 0 Å². The van der Waals surface area contributed by atoms with E-state index in [2.05, 4.69) is 15.3 Å². The van der Waals surface area contributed by atoms with Crippen LogP contribution in [0, 0.1) is 0 Å². The molecule has 0 bridgehead atoms. The van der Waals surface area contributed by atoms with E-state index in [9.17, 15) is 18.0 Å². The van der Waals surface area contributed by atoms with Gasteiger partial charge in [-0.25, -0.2) is 9.78 Å². The highest BCUT2D eigenvalue weighted by atomic mass is 35.5. The third-order valence-electron chi connectivity index (χ3n) is 5.04. The first-order chi connectivity index (χ1) is 13.8. The number of carbonyl (C=O) groups excluding carboxylic acids is 1. The predicted molar refractivity (Wildman–Crippen MR) is 105 cm³/mol. The summed E-state index contributed by atoms with van der Waals surface area (Å²) < 4.78 is 38.8.